The van der Waals surface area contributed by atoms with Crippen LogP contribution in [0.4, 0.5) is 24.7 Å². The van der Waals surface area contributed by atoms with E-state index in [1.807, 2.05) is 0 Å². The minimum absolute atomic E-state index is 0.000625. The SMILES string of the molecule is O=C(O)c1cc(Nc2cc[nH]n2)cc(C(F)(F)F)c1. The Balaban J connectivity index is 2.42. The molecule has 0 saturated carbocycles. The maximum Gasteiger partial charge on any atom is 0.416 e. The molecule has 19 heavy (non-hydrogen) atoms. The minimum atomic E-state index is -4.62. The van der Waals surface area contributed by atoms with Crippen LogP contribution in [-0.4, -0.2) is 21.3 Å². The molecule has 2 rings (SSSR count). The monoisotopic (exact) mass is 271 g/mol. The summed E-state index contributed by atoms with van der Waals surface area (Å²) in [5.74, 6) is -1.15. The second-order valence-electron chi connectivity index (χ2n) is 3.69. The van der Waals surface area contributed by atoms with Crippen molar-refractivity contribution in [2.45, 2.75) is 6.18 Å². The van der Waals surface area contributed by atoms with Crippen molar-refractivity contribution in [3.8, 4) is 0 Å². The number of aromatic amines is 1. The third-order valence-electron chi connectivity index (χ3n) is 2.28. The molecule has 2 aromatic rings. The van der Waals surface area contributed by atoms with Gasteiger partial charge in [-0.25, -0.2) is 4.79 Å². The van der Waals surface area contributed by atoms with E-state index in [1.54, 1.807) is 0 Å². The average molecular weight is 271 g/mol. The largest absolute Gasteiger partial charge is 0.478 e. The van der Waals surface area contributed by atoms with Crippen LogP contribution < -0.4 is 5.32 Å². The lowest BCUT2D eigenvalue weighted by molar-refractivity contribution is -0.137. The van der Waals surface area contributed by atoms with Crippen molar-refractivity contribution in [2.24, 2.45) is 0 Å². The normalized spacial score (nSPS) is 11.3. The molecule has 8 heteroatoms. The number of rotatable bonds is 3. The van der Waals surface area contributed by atoms with Crippen molar-refractivity contribution >= 4 is 17.5 Å². The van der Waals surface area contributed by atoms with Gasteiger partial charge in [-0.05, 0) is 18.2 Å². The zero-order chi connectivity index (χ0) is 14.0. The number of aromatic carboxylic acids is 1. The number of carboxylic acid groups (broad SMARTS) is 1. The van der Waals surface area contributed by atoms with Crippen LogP contribution in [0.15, 0.2) is 30.5 Å². The number of hydrogen-bond acceptors (Lipinski definition) is 3. The number of carboxylic acids is 1. The first kappa shape index (κ1) is 12.9. The van der Waals surface area contributed by atoms with Gasteiger partial charge >= 0.3 is 12.1 Å². The van der Waals surface area contributed by atoms with Gasteiger partial charge in [-0.3, -0.25) is 5.10 Å². The molecule has 5 nitrogen and oxygen atoms in total. The molecule has 0 radical (unpaired) electrons. The number of aromatic nitrogens is 2. The first-order valence-electron chi connectivity index (χ1n) is 5.08. The smallest absolute Gasteiger partial charge is 0.416 e. The maximum absolute atomic E-state index is 12.6. The fraction of sp³-hybridized carbons (Fsp3) is 0.0909. The molecule has 0 aliphatic rings. The molecule has 0 unspecified atom stereocenters. The Morgan fingerprint density at radius 3 is 2.58 bits per heavy atom. The molecule has 100 valence electrons. The summed E-state index contributed by atoms with van der Waals surface area (Å²) in [6.45, 7) is 0. The van der Waals surface area contributed by atoms with Gasteiger partial charge in [0.15, 0.2) is 5.82 Å². The summed E-state index contributed by atoms with van der Waals surface area (Å²) in [4.78, 5) is 10.8. The van der Waals surface area contributed by atoms with Crippen LogP contribution >= 0.6 is 0 Å². The first-order chi connectivity index (χ1) is 8.86. The predicted octanol–water partition coefficient (Wildman–Crippen LogP) is 2.87. The molecule has 1 aromatic carbocycles. The van der Waals surface area contributed by atoms with E-state index in [4.69, 9.17) is 5.11 Å². The van der Waals surface area contributed by atoms with Gasteiger partial charge in [0.05, 0.1) is 11.1 Å². The highest BCUT2D eigenvalue weighted by Gasteiger charge is 2.31. The van der Waals surface area contributed by atoms with Crippen LogP contribution in [0.25, 0.3) is 0 Å². The van der Waals surface area contributed by atoms with Crippen LogP contribution in [0.3, 0.4) is 0 Å². The van der Waals surface area contributed by atoms with Gasteiger partial charge in [-0.2, -0.15) is 18.3 Å². The quantitative estimate of drug-likeness (QED) is 0.802. The summed E-state index contributed by atoms with van der Waals surface area (Å²) < 4.78 is 37.9. The topological polar surface area (TPSA) is 78.0 Å². The molecule has 0 saturated heterocycles. The van der Waals surface area contributed by atoms with Gasteiger partial charge in [-0.1, -0.05) is 0 Å². The zero-order valence-electron chi connectivity index (χ0n) is 9.32. The van der Waals surface area contributed by atoms with E-state index in [1.165, 1.54) is 12.3 Å². The Morgan fingerprint density at radius 2 is 2.05 bits per heavy atom. The van der Waals surface area contributed by atoms with E-state index in [9.17, 15) is 18.0 Å². The third kappa shape index (κ3) is 3.03. The van der Waals surface area contributed by atoms with Crippen LogP contribution in [0, 0.1) is 0 Å². The van der Waals surface area contributed by atoms with Crippen LogP contribution in [-0.2, 0) is 6.18 Å². The van der Waals surface area contributed by atoms with Crippen LogP contribution in [0.5, 0.6) is 0 Å². The fourth-order valence-corrected chi connectivity index (χ4v) is 1.46. The Hall–Kier alpha value is -2.51. The van der Waals surface area contributed by atoms with E-state index in [0.717, 1.165) is 12.1 Å². The molecule has 0 spiro atoms. The molecule has 3 N–H and O–H groups in total. The Bertz CT molecular complexity index is 594. The van der Waals surface area contributed by atoms with Gasteiger partial charge in [0, 0.05) is 18.0 Å². The number of benzene rings is 1. The Morgan fingerprint density at radius 1 is 1.32 bits per heavy atom. The molecule has 0 bridgehead atoms. The maximum atomic E-state index is 12.6. The first-order valence-corrected chi connectivity index (χ1v) is 5.08. The number of carbonyl (C=O) groups is 1. The third-order valence-corrected chi connectivity index (χ3v) is 2.28. The summed E-state index contributed by atoms with van der Waals surface area (Å²) >= 11 is 0. The molecule has 0 atom stereocenters. The Labute approximate surface area is 105 Å². The number of H-pyrrole nitrogens is 1. The number of alkyl halides is 3. The van der Waals surface area contributed by atoms with E-state index < -0.39 is 23.3 Å². The fourth-order valence-electron chi connectivity index (χ4n) is 1.46. The Kier molecular flexibility index (Phi) is 3.16. The highest BCUT2D eigenvalue weighted by molar-refractivity contribution is 5.89. The van der Waals surface area contributed by atoms with E-state index in [0.29, 0.717) is 6.07 Å². The molecule has 1 aromatic heterocycles. The molecular weight excluding hydrogens is 263 g/mol. The van der Waals surface area contributed by atoms with E-state index in [-0.39, 0.29) is 11.5 Å². The standard InChI is InChI=1S/C11H8F3N3O2/c12-11(13,14)7-3-6(10(18)19)4-8(5-7)16-9-1-2-15-17-9/h1-5H,(H,18,19)(H2,15,16,17). The van der Waals surface area contributed by atoms with Crippen LogP contribution in [0.2, 0.25) is 0 Å². The molecular formula is C11H8F3N3O2. The van der Waals surface area contributed by atoms with Crippen molar-refractivity contribution in [2.75, 3.05) is 5.32 Å². The zero-order valence-corrected chi connectivity index (χ0v) is 9.32. The molecule has 0 amide bonds. The van der Waals surface area contributed by atoms with E-state index in [2.05, 4.69) is 15.5 Å². The molecule has 0 fully saturated rings. The summed E-state index contributed by atoms with van der Waals surface area (Å²) in [6.07, 6.45) is -3.14. The highest BCUT2D eigenvalue weighted by Crippen LogP contribution is 2.32. The summed E-state index contributed by atoms with van der Waals surface area (Å²) in [5, 5.41) is 17.6. The lowest BCUT2D eigenvalue weighted by Gasteiger charge is -2.11. The number of nitrogens with one attached hydrogen (secondary N) is 2. The second-order valence-corrected chi connectivity index (χ2v) is 3.69. The van der Waals surface area contributed by atoms with Gasteiger partial charge in [-0.15, -0.1) is 0 Å². The minimum Gasteiger partial charge on any atom is -0.478 e. The summed E-state index contributed by atoms with van der Waals surface area (Å²) in [6, 6.07) is 4.01. The predicted molar refractivity (Wildman–Crippen MR) is 60.3 cm³/mol. The van der Waals surface area contributed by atoms with Crippen molar-refractivity contribution in [1.29, 1.82) is 0 Å². The van der Waals surface area contributed by atoms with Gasteiger partial charge < -0.3 is 10.4 Å². The summed E-state index contributed by atoms with van der Waals surface area (Å²) in [7, 11) is 0. The molecule has 0 aliphatic heterocycles. The van der Waals surface area contributed by atoms with Crippen molar-refractivity contribution in [3.63, 3.8) is 0 Å². The molecule has 0 aliphatic carbocycles. The van der Waals surface area contributed by atoms with Gasteiger partial charge in [0.25, 0.3) is 0 Å². The van der Waals surface area contributed by atoms with Crippen molar-refractivity contribution < 1.29 is 23.1 Å². The number of anilines is 2. The van der Waals surface area contributed by atoms with E-state index >= 15 is 0 Å². The highest BCUT2D eigenvalue weighted by atomic mass is 19.4. The average Bonchev–Trinajstić information content (AvgIpc) is 2.80. The number of hydrogen-bond donors (Lipinski definition) is 3. The van der Waals surface area contributed by atoms with Gasteiger partial charge in [0.2, 0.25) is 0 Å². The summed E-state index contributed by atoms with van der Waals surface area (Å²) in [5.41, 5.74) is -1.49. The van der Waals surface area contributed by atoms with Crippen LogP contribution in [0.1, 0.15) is 15.9 Å². The number of nitrogens with zero attached hydrogens (tertiary/aromatic N) is 1. The van der Waals surface area contributed by atoms with Crippen molar-refractivity contribution in [1.82, 2.24) is 10.2 Å². The lowest BCUT2D eigenvalue weighted by atomic mass is 10.1. The van der Waals surface area contributed by atoms with Gasteiger partial charge in [0.1, 0.15) is 0 Å². The van der Waals surface area contributed by atoms with Crippen molar-refractivity contribution in [3.05, 3.63) is 41.6 Å². The number of halogens is 3. The lowest BCUT2D eigenvalue weighted by Crippen LogP contribution is -2.08. The molecule has 1 heterocycles. The second kappa shape index (κ2) is 4.63.